The van der Waals surface area contributed by atoms with E-state index in [1.165, 1.54) is 11.5 Å². The summed E-state index contributed by atoms with van der Waals surface area (Å²) < 4.78 is 3.87. The molecule has 0 saturated heterocycles. The first kappa shape index (κ1) is 9.67. The lowest BCUT2D eigenvalue weighted by atomic mass is 10.1. The van der Waals surface area contributed by atoms with Crippen LogP contribution in [0.15, 0.2) is 0 Å². The number of nitrogens with two attached hydrogens (primary N) is 1. The average Bonchev–Trinajstić information content (AvgIpc) is 2.72. The highest BCUT2D eigenvalue weighted by atomic mass is 32.1. The molecule has 6 heteroatoms. The molecule has 1 saturated carbocycles. The fraction of sp³-hybridized carbons (Fsp3) is 0.750. The zero-order chi connectivity index (χ0) is 9.97. The molecule has 0 bridgehead atoms. The third-order valence-electron chi connectivity index (χ3n) is 2.50. The number of nitrogen functional groups attached to an aromatic ring is 1. The molecule has 2 unspecified atom stereocenters. The van der Waals surface area contributed by atoms with E-state index in [1.807, 2.05) is 0 Å². The number of anilines is 2. The molecule has 0 radical (unpaired) electrons. The Morgan fingerprint density at radius 3 is 3.00 bits per heavy atom. The van der Waals surface area contributed by atoms with Crippen LogP contribution in [0.4, 0.5) is 11.1 Å². The summed E-state index contributed by atoms with van der Waals surface area (Å²) in [6.45, 7) is 0.853. The monoisotopic (exact) mass is 214 g/mol. The van der Waals surface area contributed by atoms with Crippen molar-refractivity contribution in [1.29, 1.82) is 0 Å². The van der Waals surface area contributed by atoms with Gasteiger partial charge >= 0.3 is 0 Å². The number of nitrogens with zero attached hydrogens (tertiary/aromatic N) is 2. The van der Waals surface area contributed by atoms with E-state index in [-0.39, 0.29) is 6.10 Å². The van der Waals surface area contributed by atoms with Crippen molar-refractivity contribution in [3.8, 4) is 0 Å². The number of hydrogen-bond acceptors (Lipinski definition) is 6. The lowest BCUT2D eigenvalue weighted by molar-refractivity contribution is 0.178. The van der Waals surface area contributed by atoms with Gasteiger partial charge in [-0.05, 0) is 25.2 Å². The van der Waals surface area contributed by atoms with Crippen molar-refractivity contribution in [3.63, 3.8) is 0 Å². The Labute approximate surface area is 86.5 Å². The Hall–Kier alpha value is -0.880. The van der Waals surface area contributed by atoms with Gasteiger partial charge in [0.05, 0.1) is 6.10 Å². The van der Waals surface area contributed by atoms with Crippen molar-refractivity contribution >= 4 is 22.6 Å². The molecule has 4 N–H and O–H groups in total. The summed E-state index contributed by atoms with van der Waals surface area (Å²) in [6.07, 6.45) is 2.79. The summed E-state index contributed by atoms with van der Waals surface area (Å²) in [5.41, 5.74) is 5.39. The number of aromatic nitrogens is 2. The zero-order valence-electron chi connectivity index (χ0n) is 7.81. The second kappa shape index (κ2) is 4.10. The van der Waals surface area contributed by atoms with Gasteiger partial charge in [-0.15, -0.1) is 0 Å². The van der Waals surface area contributed by atoms with E-state index in [1.54, 1.807) is 0 Å². The minimum Gasteiger partial charge on any atom is -0.393 e. The van der Waals surface area contributed by atoms with E-state index in [0.717, 1.165) is 30.9 Å². The maximum atomic E-state index is 9.33. The first-order valence-corrected chi connectivity index (χ1v) is 5.52. The molecule has 78 valence electrons. The molecular weight excluding hydrogens is 200 g/mol. The molecular formula is C8H14N4OS. The summed E-state index contributed by atoms with van der Waals surface area (Å²) in [4.78, 5) is 4.00. The molecule has 1 aliphatic rings. The summed E-state index contributed by atoms with van der Waals surface area (Å²) >= 11 is 1.27. The Balaban J connectivity index is 1.77. The smallest absolute Gasteiger partial charge is 0.233 e. The third-order valence-corrected chi connectivity index (χ3v) is 3.18. The summed E-state index contributed by atoms with van der Waals surface area (Å²) in [7, 11) is 0. The second-order valence-electron chi connectivity index (χ2n) is 3.67. The van der Waals surface area contributed by atoms with Gasteiger partial charge < -0.3 is 16.2 Å². The average molecular weight is 214 g/mol. The van der Waals surface area contributed by atoms with Crippen LogP contribution in [-0.2, 0) is 0 Å². The molecule has 1 aromatic heterocycles. The molecule has 0 amide bonds. The minimum atomic E-state index is -0.110. The number of aliphatic hydroxyl groups excluding tert-OH is 1. The fourth-order valence-corrected chi connectivity index (χ4v) is 2.28. The number of rotatable bonds is 3. The van der Waals surface area contributed by atoms with E-state index >= 15 is 0 Å². The molecule has 0 spiro atoms. The van der Waals surface area contributed by atoms with Gasteiger partial charge in [-0.2, -0.15) is 9.36 Å². The van der Waals surface area contributed by atoms with Crippen molar-refractivity contribution in [2.24, 2.45) is 5.92 Å². The summed E-state index contributed by atoms with van der Waals surface area (Å²) in [5.74, 6) is 0.874. The molecule has 5 nitrogen and oxygen atoms in total. The second-order valence-corrected chi connectivity index (χ2v) is 4.42. The number of nitrogens with one attached hydrogen (secondary N) is 1. The molecule has 1 heterocycles. The number of aliphatic hydroxyl groups is 1. The summed E-state index contributed by atoms with van der Waals surface area (Å²) in [6, 6.07) is 0. The molecule has 0 aliphatic heterocycles. The van der Waals surface area contributed by atoms with E-state index in [2.05, 4.69) is 14.7 Å². The largest absolute Gasteiger partial charge is 0.393 e. The zero-order valence-corrected chi connectivity index (χ0v) is 8.63. The van der Waals surface area contributed by atoms with Crippen LogP contribution in [-0.4, -0.2) is 27.1 Å². The van der Waals surface area contributed by atoms with Crippen molar-refractivity contribution in [1.82, 2.24) is 9.36 Å². The molecule has 2 rings (SSSR count). The van der Waals surface area contributed by atoms with Gasteiger partial charge in [0, 0.05) is 18.1 Å². The minimum absolute atomic E-state index is 0.110. The van der Waals surface area contributed by atoms with Crippen LogP contribution in [0.2, 0.25) is 0 Å². The first-order valence-electron chi connectivity index (χ1n) is 4.75. The highest BCUT2D eigenvalue weighted by Crippen LogP contribution is 2.25. The van der Waals surface area contributed by atoms with Gasteiger partial charge in [0.2, 0.25) is 11.1 Å². The highest BCUT2D eigenvalue weighted by molar-refractivity contribution is 7.09. The molecule has 2 atom stereocenters. The molecule has 1 fully saturated rings. The van der Waals surface area contributed by atoms with Gasteiger partial charge in [0.25, 0.3) is 0 Å². The first-order chi connectivity index (χ1) is 6.74. The fourth-order valence-electron chi connectivity index (χ4n) is 1.77. The van der Waals surface area contributed by atoms with Gasteiger partial charge in [-0.25, -0.2) is 0 Å². The highest BCUT2D eigenvalue weighted by Gasteiger charge is 2.22. The van der Waals surface area contributed by atoms with Gasteiger partial charge in [0.15, 0.2) is 0 Å². The molecule has 0 aromatic carbocycles. The topological polar surface area (TPSA) is 84.1 Å². The maximum absolute atomic E-state index is 9.33. The molecule has 1 aromatic rings. The van der Waals surface area contributed by atoms with Crippen LogP contribution < -0.4 is 11.1 Å². The van der Waals surface area contributed by atoms with E-state index in [4.69, 9.17) is 5.73 Å². The van der Waals surface area contributed by atoms with Gasteiger partial charge in [-0.3, -0.25) is 0 Å². The lowest BCUT2D eigenvalue weighted by Crippen LogP contribution is -2.12. The molecule has 14 heavy (non-hydrogen) atoms. The van der Waals surface area contributed by atoms with Gasteiger partial charge in [0.1, 0.15) is 0 Å². The van der Waals surface area contributed by atoms with Crippen LogP contribution in [0.25, 0.3) is 0 Å². The van der Waals surface area contributed by atoms with Crippen molar-refractivity contribution in [2.45, 2.75) is 25.4 Å². The van der Waals surface area contributed by atoms with Crippen LogP contribution in [0.3, 0.4) is 0 Å². The third kappa shape index (κ3) is 2.33. The van der Waals surface area contributed by atoms with E-state index < -0.39 is 0 Å². The maximum Gasteiger partial charge on any atom is 0.233 e. The van der Waals surface area contributed by atoms with Crippen LogP contribution in [0.1, 0.15) is 19.3 Å². The predicted molar refractivity (Wildman–Crippen MR) is 56.2 cm³/mol. The van der Waals surface area contributed by atoms with Crippen LogP contribution >= 0.6 is 11.5 Å². The predicted octanol–water partition coefficient (Wildman–Crippen LogP) is 0.693. The van der Waals surface area contributed by atoms with Gasteiger partial charge in [-0.1, -0.05) is 0 Å². The summed E-state index contributed by atoms with van der Waals surface area (Å²) in [5, 5.41) is 13.3. The van der Waals surface area contributed by atoms with E-state index in [0.29, 0.717) is 11.9 Å². The standard InChI is InChI=1S/C8H14N4OS/c9-7-11-8(14-12-7)10-4-5-1-2-6(13)3-5/h5-6,13H,1-4H2,(H3,9,10,11,12). The Kier molecular flexibility index (Phi) is 2.83. The van der Waals surface area contributed by atoms with Crippen LogP contribution in [0, 0.1) is 5.92 Å². The SMILES string of the molecule is Nc1nsc(NCC2CCC(O)C2)n1. The van der Waals surface area contributed by atoms with Crippen molar-refractivity contribution in [3.05, 3.63) is 0 Å². The Morgan fingerprint density at radius 1 is 1.57 bits per heavy atom. The quantitative estimate of drug-likeness (QED) is 0.689. The van der Waals surface area contributed by atoms with Crippen LogP contribution in [0.5, 0.6) is 0 Å². The lowest BCUT2D eigenvalue weighted by Gasteiger charge is -2.08. The molecule has 1 aliphatic carbocycles. The van der Waals surface area contributed by atoms with Crippen molar-refractivity contribution in [2.75, 3.05) is 17.6 Å². The number of hydrogen-bond donors (Lipinski definition) is 3. The Bertz CT molecular complexity index is 303. The van der Waals surface area contributed by atoms with E-state index in [9.17, 15) is 5.11 Å². The Morgan fingerprint density at radius 2 is 2.43 bits per heavy atom. The normalized spacial score (nSPS) is 26.6. The van der Waals surface area contributed by atoms with Crippen molar-refractivity contribution < 1.29 is 5.11 Å².